The molecule has 1 aromatic heterocycles. The molecule has 2 heterocycles. The molecule has 3 aromatic rings. The molecule has 31 heavy (non-hydrogen) atoms. The largest absolute Gasteiger partial charge is 0.333 e. The van der Waals surface area contributed by atoms with Crippen LogP contribution in [0.15, 0.2) is 45.7 Å². The Hall–Kier alpha value is -1.64. The number of nitrogens with one attached hydrogen (secondary N) is 1. The first-order valence-electron chi connectivity index (χ1n) is 9.26. The van der Waals surface area contributed by atoms with Crippen molar-refractivity contribution >= 4 is 68.9 Å². The lowest BCUT2D eigenvalue weighted by molar-refractivity contribution is 0.0653. The van der Waals surface area contributed by atoms with E-state index in [1.165, 1.54) is 4.57 Å². The van der Waals surface area contributed by atoms with Crippen molar-refractivity contribution in [2.75, 3.05) is 0 Å². The lowest BCUT2D eigenvalue weighted by atomic mass is 9.98. The minimum Gasteiger partial charge on any atom is -0.333 e. The highest BCUT2D eigenvalue weighted by molar-refractivity contribution is 9.10. The van der Waals surface area contributed by atoms with Gasteiger partial charge in [0.2, 0.25) is 0 Å². The molecule has 160 valence electrons. The number of fused-ring (bicyclic) bond motifs is 1. The normalized spacial score (nSPS) is 15.6. The molecule has 0 saturated carbocycles. The predicted octanol–water partition coefficient (Wildman–Crippen LogP) is 6.20. The van der Waals surface area contributed by atoms with Crippen molar-refractivity contribution < 1.29 is 4.79 Å². The van der Waals surface area contributed by atoms with Gasteiger partial charge in [0.05, 0.1) is 27.3 Å². The lowest BCUT2D eigenvalue weighted by Gasteiger charge is -2.34. The van der Waals surface area contributed by atoms with Gasteiger partial charge in [-0.15, -0.1) is 0 Å². The van der Waals surface area contributed by atoms with Gasteiger partial charge in [-0.25, -0.2) is 0 Å². The van der Waals surface area contributed by atoms with E-state index in [0.29, 0.717) is 44.0 Å². The van der Waals surface area contributed by atoms with Gasteiger partial charge < -0.3 is 9.88 Å². The number of amides is 1. The van der Waals surface area contributed by atoms with Gasteiger partial charge in [0.25, 0.3) is 11.5 Å². The molecule has 1 aliphatic heterocycles. The van der Waals surface area contributed by atoms with Gasteiger partial charge in [0.1, 0.15) is 0 Å². The summed E-state index contributed by atoms with van der Waals surface area (Å²) < 4.78 is 2.41. The Morgan fingerprint density at radius 2 is 1.87 bits per heavy atom. The fourth-order valence-corrected chi connectivity index (χ4v) is 5.00. The molecule has 1 aliphatic rings. The second kappa shape index (κ2) is 8.71. The van der Waals surface area contributed by atoms with Crippen LogP contribution in [0.1, 0.15) is 28.5 Å². The molecule has 1 atom stereocenters. The van der Waals surface area contributed by atoms with Crippen LogP contribution in [0.4, 0.5) is 0 Å². The van der Waals surface area contributed by atoms with E-state index in [9.17, 15) is 9.59 Å². The smallest absolute Gasteiger partial charge is 0.262 e. The Morgan fingerprint density at radius 3 is 2.55 bits per heavy atom. The van der Waals surface area contributed by atoms with Crippen LogP contribution in [0.2, 0.25) is 15.1 Å². The molecule has 0 bridgehead atoms. The highest BCUT2D eigenvalue weighted by Gasteiger charge is 2.31. The van der Waals surface area contributed by atoms with E-state index in [-0.39, 0.29) is 28.8 Å². The van der Waals surface area contributed by atoms with Gasteiger partial charge in [-0.3, -0.25) is 14.2 Å². The number of nitrogens with zero attached hydrogens (tertiary/aromatic N) is 2. The molecule has 1 N–H and O–H groups in total. The van der Waals surface area contributed by atoms with Gasteiger partial charge >= 0.3 is 0 Å². The Bertz CT molecular complexity index is 1340. The zero-order valence-corrected chi connectivity index (χ0v) is 20.8. The molecule has 1 amide bonds. The van der Waals surface area contributed by atoms with Gasteiger partial charge in [-0.2, -0.15) is 0 Å². The maximum Gasteiger partial charge on any atom is 0.262 e. The molecule has 10 heteroatoms. The second-order valence-electron chi connectivity index (χ2n) is 7.24. The molecular formula is C21H15BrCl3N3O2S. The number of H-pyrrole nitrogens is 1. The van der Waals surface area contributed by atoms with E-state index >= 15 is 0 Å². The van der Waals surface area contributed by atoms with E-state index in [2.05, 4.69) is 20.9 Å². The van der Waals surface area contributed by atoms with Crippen LogP contribution in [-0.2, 0) is 13.0 Å². The Labute approximate surface area is 206 Å². The number of rotatable bonds is 2. The van der Waals surface area contributed by atoms with Crippen LogP contribution in [0.3, 0.4) is 0 Å². The first-order valence-corrected chi connectivity index (χ1v) is 11.6. The summed E-state index contributed by atoms with van der Waals surface area (Å²) >= 11 is 27.2. The van der Waals surface area contributed by atoms with Gasteiger partial charge in [-0.1, -0.05) is 50.7 Å². The maximum atomic E-state index is 13.3. The quantitative estimate of drug-likeness (QED) is 0.380. The minimum atomic E-state index is -0.239. The van der Waals surface area contributed by atoms with E-state index in [1.54, 1.807) is 41.3 Å². The van der Waals surface area contributed by atoms with Crippen molar-refractivity contribution in [1.82, 2.24) is 14.5 Å². The topological polar surface area (TPSA) is 58.1 Å². The SMILES string of the molecule is C[C@@H]1Cc2c([nH]c(=S)n(-c3ccc(Br)cc3Cl)c2=O)CN1C(=O)c1ccc(Cl)c(Cl)c1. The zero-order valence-electron chi connectivity index (χ0n) is 16.1. The van der Waals surface area contributed by atoms with Gasteiger partial charge in [0, 0.05) is 27.3 Å². The van der Waals surface area contributed by atoms with Crippen molar-refractivity contribution in [3.63, 3.8) is 0 Å². The number of aromatic nitrogens is 2. The van der Waals surface area contributed by atoms with Crippen molar-refractivity contribution in [3.05, 3.63) is 87.9 Å². The third-order valence-corrected chi connectivity index (χ3v) is 7.04. The van der Waals surface area contributed by atoms with E-state index in [4.69, 9.17) is 47.0 Å². The molecule has 0 spiro atoms. The van der Waals surface area contributed by atoms with Gasteiger partial charge in [-0.05, 0) is 62.0 Å². The summed E-state index contributed by atoms with van der Waals surface area (Å²) in [7, 11) is 0. The average Bonchev–Trinajstić information content (AvgIpc) is 2.71. The summed E-state index contributed by atoms with van der Waals surface area (Å²) in [6.07, 6.45) is 0.376. The van der Waals surface area contributed by atoms with E-state index in [0.717, 1.165) is 4.47 Å². The number of halogens is 4. The Kier molecular flexibility index (Phi) is 6.34. The second-order valence-corrected chi connectivity index (χ2v) is 9.76. The summed E-state index contributed by atoms with van der Waals surface area (Å²) in [5, 5.41) is 1.09. The molecule has 0 aliphatic carbocycles. The van der Waals surface area contributed by atoms with Crippen molar-refractivity contribution in [1.29, 1.82) is 0 Å². The first-order chi connectivity index (χ1) is 14.7. The van der Waals surface area contributed by atoms with Crippen molar-refractivity contribution in [2.45, 2.75) is 25.9 Å². The fraction of sp³-hybridized carbons (Fsp3) is 0.190. The van der Waals surface area contributed by atoms with E-state index < -0.39 is 0 Å². The predicted molar refractivity (Wildman–Crippen MR) is 129 cm³/mol. The van der Waals surface area contributed by atoms with Crippen LogP contribution in [0.25, 0.3) is 5.69 Å². The number of aromatic amines is 1. The zero-order chi connectivity index (χ0) is 22.4. The molecule has 0 radical (unpaired) electrons. The summed E-state index contributed by atoms with van der Waals surface area (Å²) in [6.45, 7) is 2.12. The Balaban J connectivity index is 1.75. The lowest BCUT2D eigenvalue weighted by Crippen LogP contribution is -2.45. The third-order valence-electron chi connectivity index (χ3n) is 5.22. The highest BCUT2D eigenvalue weighted by atomic mass is 79.9. The molecule has 4 rings (SSSR count). The van der Waals surface area contributed by atoms with Crippen LogP contribution in [0.5, 0.6) is 0 Å². The summed E-state index contributed by atoms with van der Waals surface area (Å²) in [5.74, 6) is -0.198. The summed E-state index contributed by atoms with van der Waals surface area (Å²) in [4.78, 5) is 31.2. The molecule has 2 aromatic carbocycles. The molecular weight excluding hydrogens is 545 g/mol. The van der Waals surface area contributed by atoms with Crippen LogP contribution < -0.4 is 5.56 Å². The molecule has 0 unspecified atom stereocenters. The molecule has 5 nitrogen and oxygen atoms in total. The van der Waals surface area contributed by atoms with Gasteiger partial charge in [0.15, 0.2) is 4.77 Å². The molecule has 0 saturated heterocycles. The van der Waals surface area contributed by atoms with E-state index in [1.807, 2.05) is 6.92 Å². The van der Waals surface area contributed by atoms with Crippen molar-refractivity contribution in [3.8, 4) is 5.69 Å². The molecule has 0 fully saturated rings. The number of carbonyl (C=O) groups is 1. The Morgan fingerprint density at radius 1 is 1.13 bits per heavy atom. The van der Waals surface area contributed by atoms with Crippen molar-refractivity contribution in [2.24, 2.45) is 0 Å². The maximum absolute atomic E-state index is 13.3. The first kappa shape index (κ1) is 22.6. The number of benzene rings is 2. The van der Waals surface area contributed by atoms with Crippen LogP contribution in [-0.4, -0.2) is 26.4 Å². The number of hydrogen-bond acceptors (Lipinski definition) is 3. The number of carbonyl (C=O) groups excluding carboxylic acids is 1. The van der Waals surface area contributed by atoms with Crippen LogP contribution in [0, 0.1) is 4.77 Å². The minimum absolute atomic E-state index is 0.198. The number of hydrogen-bond donors (Lipinski definition) is 1. The average molecular weight is 560 g/mol. The standard InChI is InChI=1S/C21H15BrCl3N3O2S/c1-10-6-13-17(9-27(10)19(29)11-2-4-14(23)15(24)7-11)26-21(31)28(20(13)30)18-5-3-12(22)8-16(18)25/h2-5,7-8,10H,6,9H2,1H3,(H,26,31)/t10-/m1/s1. The highest BCUT2D eigenvalue weighted by Crippen LogP contribution is 2.28. The fourth-order valence-electron chi connectivity index (χ4n) is 3.64. The summed E-state index contributed by atoms with van der Waals surface area (Å²) in [5.41, 5.74) is 1.89. The third kappa shape index (κ3) is 4.22. The summed E-state index contributed by atoms with van der Waals surface area (Å²) in [6, 6.07) is 9.79. The monoisotopic (exact) mass is 557 g/mol. The van der Waals surface area contributed by atoms with Crippen LogP contribution >= 0.6 is 63.0 Å².